The summed E-state index contributed by atoms with van der Waals surface area (Å²) in [5, 5.41) is 2.59. The number of benzene rings is 4. The molecule has 5 rings (SSSR count). The highest BCUT2D eigenvalue weighted by molar-refractivity contribution is 9.09. The summed E-state index contributed by atoms with van der Waals surface area (Å²) < 4.78 is 0. The molecular formula is C23H15Br. The molecule has 0 spiro atoms. The molecule has 0 aromatic heterocycles. The number of halogens is 1. The molecule has 0 amide bonds. The molecule has 0 heterocycles. The normalized spacial score (nSPS) is 15.3. The van der Waals surface area contributed by atoms with Crippen LogP contribution in [-0.2, 0) is 0 Å². The van der Waals surface area contributed by atoms with Crippen molar-refractivity contribution < 1.29 is 0 Å². The van der Waals surface area contributed by atoms with Gasteiger partial charge in [-0.2, -0.15) is 0 Å². The highest BCUT2D eigenvalue weighted by atomic mass is 79.9. The molecule has 0 N–H and O–H groups in total. The van der Waals surface area contributed by atoms with Gasteiger partial charge in [0, 0.05) is 0 Å². The summed E-state index contributed by atoms with van der Waals surface area (Å²) in [5.41, 5.74) is 7.99. The van der Waals surface area contributed by atoms with Crippen molar-refractivity contribution in [1.29, 1.82) is 0 Å². The number of hydrogen-bond acceptors (Lipinski definition) is 0. The average Bonchev–Trinajstić information content (AvgIpc) is 2.94. The van der Waals surface area contributed by atoms with Gasteiger partial charge in [0.15, 0.2) is 0 Å². The third kappa shape index (κ3) is 1.98. The number of hydrogen-bond donors (Lipinski definition) is 0. The van der Waals surface area contributed by atoms with Gasteiger partial charge in [-0.25, -0.2) is 0 Å². The molecule has 1 unspecified atom stereocenters. The predicted octanol–water partition coefficient (Wildman–Crippen LogP) is 6.97. The molecule has 0 fully saturated rings. The Morgan fingerprint density at radius 3 is 2.25 bits per heavy atom. The number of rotatable bonds is 1. The molecule has 0 saturated carbocycles. The van der Waals surface area contributed by atoms with Crippen LogP contribution in [0, 0.1) is 0 Å². The summed E-state index contributed by atoms with van der Waals surface area (Å²) in [6.45, 7) is 0. The fourth-order valence-corrected chi connectivity index (χ4v) is 4.57. The van der Waals surface area contributed by atoms with Crippen molar-refractivity contribution in [3.05, 3.63) is 96.1 Å². The predicted molar refractivity (Wildman–Crippen MR) is 106 cm³/mol. The van der Waals surface area contributed by atoms with Crippen molar-refractivity contribution in [2.45, 2.75) is 4.83 Å². The molecule has 4 aromatic carbocycles. The van der Waals surface area contributed by atoms with Crippen LogP contribution in [0.2, 0.25) is 0 Å². The lowest BCUT2D eigenvalue weighted by atomic mass is 9.95. The largest absolute Gasteiger partial charge is 0.0786 e. The summed E-state index contributed by atoms with van der Waals surface area (Å²) in [7, 11) is 0. The summed E-state index contributed by atoms with van der Waals surface area (Å²) in [5.74, 6) is 0. The van der Waals surface area contributed by atoms with Gasteiger partial charge < -0.3 is 0 Å². The van der Waals surface area contributed by atoms with Crippen LogP contribution in [0.3, 0.4) is 0 Å². The molecular weight excluding hydrogens is 356 g/mol. The molecule has 0 bridgehead atoms. The first-order chi connectivity index (χ1) is 11.8. The van der Waals surface area contributed by atoms with Crippen molar-refractivity contribution >= 4 is 26.7 Å². The first-order valence-corrected chi connectivity index (χ1v) is 9.10. The molecule has 1 atom stereocenters. The fourth-order valence-electron chi connectivity index (χ4n) is 3.79. The highest BCUT2D eigenvalue weighted by Crippen LogP contribution is 2.49. The highest BCUT2D eigenvalue weighted by Gasteiger charge is 2.26. The summed E-state index contributed by atoms with van der Waals surface area (Å²) in [6, 6.07) is 30.7. The fraction of sp³-hybridized carbons (Fsp3) is 0.0435. The Kier molecular flexibility index (Phi) is 3.11. The molecule has 1 aliphatic rings. The maximum atomic E-state index is 3.89. The molecule has 1 aliphatic carbocycles. The van der Waals surface area contributed by atoms with Crippen LogP contribution in [0.15, 0.2) is 84.9 Å². The van der Waals surface area contributed by atoms with E-state index in [1.165, 1.54) is 44.2 Å². The van der Waals surface area contributed by atoms with Crippen LogP contribution in [0.4, 0.5) is 0 Å². The van der Waals surface area contributed by atoms with Gasteiger partial charge in [0.2, 0.25) is 0 Å². The van der Waals surface area contributed by atoms with Crippen LogP contribution < -0.4 is 0 Å². The number of alkyl halides is 1. The van der Waals surface area contributed by atoms with E-state index in [0.717, 1.165) is 0 Å². The van der Waals surface area contributed by atoms with E-state index in [9.17, 15) is 0 Å². The van der Waals surface area contributed by atoms with Crippen molar-refractivity contribution in [3.8, 4) is 22.3 Å². The van der Waals surface area contributed by atoms with E-state index in [2.05, 4.69) is 101 Å². The van der Waals surface area contributed by atoms with E-state index in [4.69, 9.17) is 0 Å². The molecule has 4 aromatic rings. The zero-order valence-electron chi connectivity index (χ0n) is 13.0. The van der Waals surface area contributed by atoms with Gasteiger partial charge in [0.25, 0.3) is 0 Å². The topological polar surface area (TPSA) is 0 Å². The summed E-state index contributed by atoms with van der Waals surface area (Å²) >= 11 is 3.89. The lowest BCUT2D eigenvalue weighted by molar-refractivity contribution is 1.25. The Balaban J connectivity index is 1.73. The van der Waals surface area contributed by atoms with Gasteiger partial charge in [-0.05, 0) is 50.2 Å². The van der Waals surface area contributed by atoms with E-state index >= 15 is 0 Å². The van der Waals surface area contributed by atoms with Crippen LogP contribution in [-0.4, -0.2) is 0 Å². The van der Waals surface area contributed by atoms with E-state index in [-0.39, 0.29) is 4.83 Å². The third-order valence-corrected chi connectivity index (χ3v) is 5.94. The summed E-state index contributed by atoms with van der Waals surface area (Å²) in [4.78, 5) is 0.277. The van der Waals surface area contributed by atoms with Gasteiger partial charge in [0.1, 0.15) is 0 Å². The lowest BCUT2D eigenvalue weighted by Crippen LogP contribution is -1.87. The molecule has 24 heavy (non-hydrogen) atoms. The van der Waals surface area contributed by atoms with E-state index in [0.29, 0.717) is 0 Å². The minimum atomic E-state index is 0.277. The average molecular weight is 371 g/mol. The van der Waals surface area contributed by atoms with Crippen LogP contribution in [0.1, 0.15) is 16.0 Å². The minimum Gasteiger partial charge on any atom is -0.0786 e. The van der Waals surface area contributed by atoms with Gasteiger partial charge in [-0.1, -0.05) is 94.8 Å². The second-order valence-electron chi connectivity index (χ2n) is 6.28. The lowest BCUT2D eigenvalue weighted by Gasteiger charge is -2.10. The second kappa shape index (κ2) is 5.32. The van der Waals surface area contributed by atoms with E-state index in [1.807, 2.05) is 0 Å². The molecule has 0 nitrogen and oxygen atoms in total. The van der Waals surface area contributed by atoms with E-state index < -0.39 is 0 Å². The molecule has 0 aliphatic heterocycles. The zero-order valence-corrected chi connectivity index (χ0v) is 14.6. The zero-order chi connectivity index (χ0) is 16.1. The van der Waals surface area contributed by atoms with Gasteiger partial charge in [-0.15, -0.1) is 0 Å². The van der Waals surface area contributed by atoms with Crippen molar-refractivity contribution in [1.82, 2.24) is 0 Å². The van der Waals surface area contributed by atoms with Gasteiger partial charge >= 0.3 is 0 Å². The van der Waals surface area contributed by atoms with Gasteiger partial charge in [0.05, 0.1) is 4.83 Å². The third-order valence-electron chi connectivity index (χ3n) is 4.95. The molecule has 1 heteroatoms. The van der Waals surface area contributed by atoms with E-state index in [1.54, 1.807) is 0 Å². The SMILES string of the molecule is BrC1c2ccccc2-c2ccc(-c3cccc4ccccc34)cc21. The quantitative estimate of drug-likeness (QED) is 0.317. The first-order valence-electron chi connectivity index (χ1n) is 8.18. The Hall–Kier alpha value is -2.38. The van der Waals surface area contributed by atoms with Crippen molar-refractivity contribution in [2.75, 3.05) is 0 Å². The standard InChI is InChI=1S/C23H15Br/c24-23-21-10-4-3-9-19(21)20-13-12-16(14-22(20)23)18-11-5-7-15-6-1-2-8-17(15)18/h1-14,23H. The van der Waals surface area contributed by atoms with Crippen LogP contribution in [0.25, 0.3) is 33.0 Å². The Bertz CT molecular complexity index is 1070. The first kappa shape index (κ1) is 14.0. The van der Waals surface area contributed by atoms with Gasteiger partial charge in [-0.3, -0.25) is 0 Å². The van der Waals surface area contributed by atoms with Crippen LogP contribution in [0.5, 0.6) is 0 Å². The Morgan fingerprint density at radius 1 is 0.583 bits per heavy atom. The molecule has 0 radical (unpaired) electrons. The Morgan fingerprint density at radius 2 is 1.29 bits per heavy atom. The maximum Gasteiger partial charge on any atom is 0.0656 e. The molecule has 114 valence electrons. The number of fused-ring (bicyclic) bond motifs is 4. The summed E-state index contributed by atoms with van der Waals surface area (Å²) in [6.07, 6.45) is 0. The molecule has 0 saturated heterocycles. The van der Waals surface area contributed by atoms with Crippen molar-refractivity contribution in [3.63, 3.8) is 0 Å². The Labute approximate surface area is 149 Å². The monoisotopic (exact) mass is 370 g/mol. The maximum absolute atomic E-state index is 3.89. The van der Waals surface area contributed by atoms with Crippen molar-refractivity contribution in [2.24, 2.45) is 0 Å². The minimum absolute atomic E-state index is 0.277. The second-order valence-corrected chi connectivity index (χ2v) is 7.19. The van der Waals surface area contributed by atoms with Crippen LogP contribution >= 0.6 is 15.9 Å². The smallest absolute Gasteiger partial charge is 0.0656 e.